The van der Waals surface area contributed by atoms with Crippen molar-refractivity contribution in [1.29, 1.82) is 0 Å². The van der Waals surface area contributed by atoms with Crippen LogP contribution in [0, 0.1) is 12.8 Å². The maximum Gasteiger partial charge on any atom is 0.271 e. The Hall–Kier alpha value is -2.94. The summed E-state index contributed by atoms with van der Waals surface area (Å²) in [7, 11) is 0. The molecule has 4 rings (SSSR count). The average molecular weight is 399 g/mol. The lowest BCUT2D eigenvalue weighted by Crippen LogP contribution is -2.23. The summed E-state index contributed by atoms with van der Waals surface area (Å²) in [5, 5.41) is 4.89. The van der Waals surface area contributed by atoms with Gasteiger partial charge < -0.3 is 0 Å². The van der Waals surface area contributed by atoms with Crippen LogP contribution in [0.2, 0.25) is 0 Å². The number of benzene rings is 2. The number of rotatable bonds is 4. The zero-order valence-electron chi connectivity index (χ0n) is 18.3. The Labute approximate surface area is 179 Å². The molecule has 3 aromatic rings. The summed E-state index contributed by atoms with van der Waals surface area (Å²) in [6.45, 7) is 8.82. The molecule has 1 aliphatic rings. The second-order valence-corrected chi connectivity index (χ2v) is 8.84. The molecule has 30 heavy (non-hydrogen) atoms. The van der Waals surface area contributed by atoms with Crippen LogP contribution in [0.15, 0.2) is 60.7 Å². The minimum absolute atomic E-state index is 0.0752. The van der Waals surface area contributed by atoms with Gasteiger partial charge in [0.05, 0.1) is 11.4 Å². The molecule has 0 fully saturated rings. The Bertz CT molecular complexity index is 1060. The van der Waals surface area contributed by atoms with Crippen LogP contribution in [0.4, 0.5) is 0 Å². The first-order chi connectivity index (χ1) is 14.5. The lowest BCUT2D eigenvalue weighted by atomic mass is 9.75. The molecule has 0 bridgehead atoms. The van der Waals surface area contributed by atoms with Crippen molar-refractivity contribution in [2.75, 3.05) is 0 Å². The number of hydrogen-bond acceptors (Lipinski definition) is 2. The standard InChI is InChI=1S/C27H30N2O/c1-18(2)23-16-12-20(4)25-26(22-8-6-5-7-9-22)28-29(27(23)25)24(30)17-15-21-13-10-19(3)11-14-21/h5-11,13-15,17-18,20,23H,12,16H2,1-4H3/b17-15-/t20-,23+/m1/s1. The van der Waals surface area contributed by atoms with Gasteiger partial charge in [0.25, 0.3) is 5.91 Å². The summed E-state index contributed by atoms with van der Waals surface area (Å²) in [5.41, 5.74) is 6.64. The molecule has 1 aromatic heterocycles. The van der Waals surface area contributed by atoms with Gasteiger partial charge in [-0.1, -0.05) is 80.9 Å². The van der Waals surface area contributed by atoms with Gasteiger partial charge in [-0.3, -0.25) is 4.79 Å². The first-order valence-electron chi connectivity index (χ1n) is 10.9. The molecular formula is C27H30N2O. The molecule has 3 heteroatoms. The number of aromatic nitrogens is 2. The van der Waals surface area contributed by atoms with Crippen LogP contribution in [0.3, 0.4) is 0 Å². The molecule has 0 saturated carbocycles. The van der Waals surface area contributed by atoms with E-state index >= 15 is 0 Å². The predicted molar refractivity (Wildman–Crippen MR) is 124 cm³/mol. The molecular weight excluding hydrogens is 368 g/mol. The van der Waals surface area contributed by atoms with E-state index in [1.807, 2.05) is 36.4 Å². The third-order valence-electron chi connectivity index (χ3n) is 6.27. The molecule has 0 saturated heterocycles. The Morgan fingerprint density at radius 2 is 1.77 bits per heavy atom. The normalized spacial score (nSPS) is 18.7. The fourth-order valence-corrected chi connectivity index (χ4v) is 4.54. The van der Waals surface area contributed by atoms with Gasteiger partial charge in [0.15, 0.2) is 0 Å². The highest BCUT2D eigenvalue weighted by Gasteiger charge is 2.35. The molecule has 2 aromatic carbocycles. The van der Waals surface area contributed by atoms with Crippen LogP contribution in [-0.2, 0) is 0 Å². The van der Waals surface area contributed by atoms with Crippen molar-refractivity contribution in [3.8, 4) is 11.3 Å². The summed E-state index contributed by atoms with van der Waals surface area (Å²) >= 11 is 0. The van der Waals surface area contributed by atoms with E-state index in [-0.39, 0.29) is 5.91 Å². The number of hydrogen-bond donors (Lipinski definition) is 0. The molecule has 0 spiro atoms. The molecule has 3 nitrogen and oxygen atoms in total. The zero-order chi connectivity index (χ0) is 21.3. The summed E-state index contributed by atoms with van der Waals surface area (Å²) in [5.74, 6) is 1.13. The molecule has 0 amide bonds. The number of allylic oxidation sites excluding steroid dienone is 1. The highest BCUT2D eigenvalue weighted by Crippen LogP contribution is 2.46. The highest BCUT2D eigenvalue weighted by molar-refractivity contribution is 5.94. The molecule has 0 unspecified atom stereocenters. The van der Waals surface area contributed by atoms with E-state index in [4.69, 9.17) is 5.10 Å². The maximum atomic E-state index is 13.3. The van der Waals surface area contributed by atoms with Crippen LogP contribution < -0.4 is 0 Å². The third-order valence-corrected chi connectivity index (χ3v) is 6.27. The van der Waals surface area contributed by atoms with Crippen molar-refractivity contribution in [3.63, 3.8) is 0 Å². The van der Waals surface area contributed by atoms with E-state index in [0.717, 1.165) is 35.4 Å². The van der Waals surface area contributed by atoms with Crippen molar-refractivity contribution < 1.29 is 4.79 Å². The second-order valence-electron chi connectivity index (χ2n) is 8.84. The van der Waals surface area contributed by atoms with Crippen molar-refractivity contribution in [1.82, 2.24) is 9.78 Å². The Balaban J connectivity index is 1.80. The van der Waals surface area contributed by atoms with Gasteiger partial charge in [0.2, 0.25) is 0 Å². The van der Waals surface area contributed by atoms with E-state index in [1.54, 1.807) is 10.8 Å². The predicted octanol–water partition coefficient (Wildman–Crippen LogP) is 6.85. The van der Waals surface area contributed by atoms with E-state index < -0.39 is 0 Å². The summed E-state index contributed by atoms with van der Waals surface area (Å²) < 4.78 is 1.68. The molecule has 2 atom stereocenters. The van der Waals surface area contributed by atoms with Crippen LogP contribution in [-0.4, -0.2) is 15.7 Å². The second kappa shape index (κ2) is 8.43. The van der Waals surface area contributed by atoms with Gasteiger partial charge >= 0.3 is 0 Å². The van der Waals surface area contributed by atoms with Gasteiger partial charge in [-0.2, -0.15) is 5.10 Å². The Morgan fingerprint density at radius 1 is 1.07 bits per heavy atom. The molecule has 154 valence electrons. The lowest BCUT2D eigenvalue weighted by Gasteiger charge is -2.30. The number of carbonyl (C=O) groups excluding carboxylic acids is 1. The van der Waals surface area contributed by atoms with Gasteiger partial charge in [-0.15, -0.1) is 0 Å². The largest absolute Gasteiger partial charge is 0.271 e. The monoisotopic (exact) mass is 398 g/mol. The van der Waals surface area contributed by atoms with E-state index in [0.29, 0.717) is 17.8 Å². The minimum Gasteiger partial charge on any atom is -0.267 e. The van der Waals surface area contributed by atoms with Gasteiger partial charge in [-0.05, 0) is 43.2 Å². The first kappa shape index (κ1) is 20.3. The summed E-state index contributed by atoms with van der Waals surface area (Å²) in [4.78, 5) is 13.3. The fourth-order valence-electron chi connectivity index (χ4n) is 4.54. The molecule has 0 radical (unpaired) electrons. The van der Waals surface area contributed by atoms with Crippen molar-refractivity contribution in [3.05, 3.63) is 83.1 Å². The average Bonchev–Trinajstić information content (AvgIpc) is 3.15. The van der Waals surface area contributed by atoms with Crippen LogP contribution in [0.25, 0.3) is 17.3 Å². The lowest BCUT2D eigenvalue weighted by molar-refractivity contribution is 0.0947. The number of aryl methyl sites for hydroxylation is 1. The third kappa shape index (κ3) is 3.89. The Kier molecular flexibility index (Phi) is 5.72. The smallest absolute Gasteiger partial charge is 0.267 e. The van der Waals surface area contributed by atoms with Crippen LogP contribution in [0.5, 0.6) is 0 Å². The zero-order valence-corrected chi connectivity index (χ0v) is 18.3. The number of nitrogens with zero attached hydrogens (tertiary/aromatic N) is 2. The summed E-state index contributed by atoms with van der Waals surface area (Å²) in [6, 6.07) is 18.5. The highest BCUT2D eigenvalue weighted by atomic mass is 16.2. The summed E-state index contributed by atoms with van der Waals surface area (Å²) in [6.07, 6.45) is 5.77. The fraction of sp³-hybridized carbons (Fsp3) is 0.333. The molecule has 0 N–H and O–H groups in total. The van der Waals surface area contributed by atoms with Gasteiger partial charge in [0.1, 0.15) is 0 Å². The molecule has 1 heterocycles. The maximum absolute atomic E-state index is 13.3. The number of fused-ring (bicyclic) bond motifs is 1. The van der Waals surface area contributed by atoms with Gasteiger partial charge in [0, 0.05) is 23.1 Å². The van der Waals surface area contributed by atoms with E-state index in [2.05, 4.69) is 52.0 Å². The molecule has 0 aliphatic heterocycles. The van der Waals surface area contributed by atoms with Crippen LogP contribution in [0.1, 0.15) is 72.6 Å². The van der Waals surface area contributed by atoms with Crippen LogP contribution >= 0.6 is 0 Å². The number of carbonyl (C=O) groups is 1. The first-order valence-corrected chi connectivity index (χ1v) is 10.9. The molecule has 1 aliphatic carbocycles. The van der Waals surface area contributed by atoms with E-state index in [9.17, 15) is 4.79 Å². The van der Waals surface area contributed by atoms with Crippen molar-refractivity contribution >= 4 is 12.0 Å². The quantitative estimate of drug-likeness (QED) is 0.451. The van der Waals surface area contributed by atoms with Crippen molar-refractivity contribution in [2.45, 2.75) is 52.4 Å². The Morgan fingerprint density at radius 3 is 2.43 bits per heavy atom. The SMILES string of the molecule is Cc1ccc(/C=C\C(=O)n2nc(-c3ccccc3)c3c2[C@H](C(C)C)CC[C@H]3C)cc1. The van der Waals surface area contributed by atoms with E-state index in [1.165, 1.54) is 11.1 Å². The minimum atomic E-state index is -0.0752. The van der Waals surface area contributed by atoms with Gasteiger partial charge in [-0.25, -0.2) is 4.68 Å². The topological polar surface area (TPSA) is 34.9 Å². The van der Waals surface area contributed by atoms with Crippen molar-refractivity contribution in [2.24, 2.45) is 5.92 Å².